The van der Waals surface area contributed by atoms with Gasteiger partial charge in [0, 0.05) is 13.2 Å². The standard InChI is InChI=1S/C13H22FN3O/c1-6-8-15-11-10(14)9(3)16-12(17-11)13(4,5)18-7-2/h6-8H2,1-5H3,(H,15,16,17). The van der Waals surface area contributed by atoms with Crippen LogP contribution in [-0.2, 0) is 10.3 Å². The number of nitrogens with one attached hydrogen (secondary N) is 1. The second-order valence-electron chi connectivity index (χ2n) is 4.67. The number of aromatic nitrogens is 2. The molecule has 0 saturated heterocycles. The van der Waals surface area contributed by atoms with E-state index in [0.717, 1.165) is 6.42 Å². The number of hydrogen-bond acceptors (Lipinski definition) is 4. The average Bonchev–Trinajstić information content (AvgIpc) is 2.30. The predicted molar refractivity (Wildman–Crippen MR) is 70.2 cm³/mol. The Bertz CT molecular complexity index is 407. The quantitative estimate of drug-likeness (QED) is 0.848. The van der Waals surface area contributed by atoms with Crippen LogP contribution in [0.2, 0.25) is 0 Å². The van der Waals surface area contributed by atoms with E-state index < -0.39 is 5.60 Å². The lowest BCUT2D eigenvalue weighted by Crippen LogP contribution is -2.26. The monoisotopic (exact) mass is 255 g/mol. The molecule has 0 amide bonds. The molecule has 0 atom stereocenters. The second-order valence-corrected chi connectivity index (χ2v) is 4.67. The first-order valence-corrected chi connectivity index (χ1v) is 6.34. The summed E-state index contributed by atoms with van der Waals surface area (Å²) in [6.45, 7) is 10.6. The highest BCUT2D eigenvalue weighted by atomic mass is 19.1. The highest BCUT2D eigenvalue weighted by Crippen LogP contribution is 2.24. The summed E-state index contributed by atoms with van der Waals surface area (Å²) in [5.41, 5.74) is -0.276. The third-order valence-electron chi connectivity index (χ3n) is 2.60. The van der Waals surface area contributed by atoms with Crippen molar-refractivity contribution in [3.05, 3.63) is 17.3 Å². The summed E-state index contributed by atoms with van der Waals surface area (Å²) in [6, 6.07) is 0. The van der Waals surface area contributed by atoms with Crippen LogP contribution in [-0.4, -0.2) is 23.1 Å². The largest absolute Gasteiger partial charge is 0.368 e. The Morgan fingerprint density at radius 1 is 1.28 bits per heavy atom. The third-order valence-corrected chi connectivity index (χ3v) is 2.60. The van der Waals surface area contributed by atoms with Crippen LogP contribution < -0.4 is 5.32 Å². The Morgan fingerprint density at radius 3 is 2.50 bits per heavy atom. The molecular formula is C13H22FN3O. The van der Waals surface area contributed by atoms with Crippen LogP contribution in [0.3, 0.4) is 0 Å². The van der Waals surface area contributed by atoms with Crippen molar-refractivity contribution in [3.63, 3.8) is 0 Å². The molecule has 0 aliphatic rings. The fourth-order valence-corrected chi connectivity index (χ4v) is 1.61. The Balaban J connectivity index is 3.11. The van der Waals surface area contributed by atoms with Gasteiger partial charge in [0.05, 0.1) is 5.69 Å². The fraction of sp³-hybridized carbons (Fsp3) is 0.692. The number of aryl methyl sites for hydroxylation is 1. The lowest BCUT2D eigenvalue weighted by Gasteiger charge is -2.24. The maximum atomic E-state index is 13.9. The van der Waals surface area contributed by atoms with Gasteiger partial charge in [-0.2, -0.15) is 0 Å². The molecule has 0 aliphatic carbocycles. The van der Waals surface area contributed by atoms with Gasteiger partial charge in [0.25, 0.3) is 0 Å². The predicted octanol–water partition coefficient (Wildman–Crippen LogP) is 3.02. The van der Waals surface area contributed by atoms with Gasteiger partial charge in [-0.3, -0.25) is 0 Å². The van der Waals surface area contributed by atoms with Crippen molar-refractivity contribution in [1.82, 2.24) is 9.97 Å². The molecular weight excluding hydrogens is 233 g/mol. The highest BCUT2D eigenvalue weighted by molar-refractivity contribution is 5.38. The van der Waals surface area contributed by atoms with E-state index in [1.54, 1.807) is 6.92 Å². The molecule has 5 heteroatoms. The minimum atomic E-state index is -0.615. The van der Waals surface area contributed by atoms with Gasteiger partial charge in [-0.05, 0) is 34.1 Å². The molecule has 0 fully saturated rings. The summed E-state index contributed by atoms with van der Waals surface area (Å²) in [5, 5.41) is 2.98. The Hall–Kier alpha value is -1.23. The smallest absolute Gasteiger partial charge is 0.186 e. The van der Waals surface area contributed by atoms with E-state index in [0.29, 0.717) is 24.7 Å². The molecule has 1 heterocycles. The van der Waals surface area contributed by atoms with Crippen molar-refractivity contribution in [2.24, 2.45) is 0 Å². The van der Waals surface area contributed by atoms with Crippen molar-refractivity contribution in [2.75, 3.05) is 18.5 Å². The van der Waals surface area contributed by atoms with Crippen LogP contribution in [0.15, 0.2) is 0 Å². The van der Waals surface area contributed by atoms with Gasteiger partial charge in [0.2, 0.25) is 0 Å². The van der Waals surface area contributed by atoms with Gasteiger partial charge in [0.15, 0.2) is 17.5 Å². The average molecular weight is 255 g/mol. The second kappa shape index (κ2) is 6.09. The number of hydrogen-bond donors (Lipinski definition) is 1. The summed E-state index contributed by atoms with van der Waals surface area (Å²) in [5.74, 6) is 0.369. The van der Waals surface area contributed by atoms with E-state index in [9.17, 15) is 4.39 Å². The van der Waals surface area contributed by atoms with Crippen LogP contribution in [0, 0.1) is 12.7 Å². The van der Waals surface area contributed by atoms with Gasteiger partial charge in [-0.15, -0.1) is 0 Å². The molecule has 4 nitrogen and oxygen atoms in total. The van der Waals surface area contributed by atoms with E-state index in [-0.39, 0.29) is 11.6 Å². The zero-order valence-electron chi connectivity index (χ0n) is 11.8. The van der Waals surface area contributed by atoms with Crippen LogP contribution in [0.4, 0.5) is 10.2 Å². The van der Waals surface area contributed by atoms with Crippen molar-refractivity contribution < 1.29 is 9.13 Å². The van der Waals surface area contributed by atoms with Gasteiger partial charge in [-0.25, -0.2) is 14.4 Å². The molecule has 0 radical (unpaired) electrons. The summed E-state index contributed by atoms with van der Waals surface area (Å²) in [6.07, 6.45) is 0.909. The minimum Gasteiger partial charge on any atom is -0.368 e. The molecule has 0 bridgehead atoms. The molecule has 1 aromatic heterocycles. The zero-order valence-corrected chi connectivity index (χ0v) is 11.8. The summed E-state index contributed by atoms with van der Waals surface area (Å²) < 4.78 is 19.4. The Labute approximate surface area is 108 Å². The van der Waals surface area contributed by atoms with E-state index in [1.165, 1.54) is 0 Å². The first-order valence-electron chi connectivity index (χ1n) is 6.34. The fourth-order valence-electron chi connectivity index (χ4n) is 1.61. The van der Waals surface area contributed by atoms with Gasteiger partial charge >= 0.3 is 0 Å². The summed E-state index contributed by atoms with van der Waals surface area (Å²) in [4.78, 5) is 8.42. The van der Waals surface area contributed by atoms with Crippen LogP contribution in [0.1, 0.15) is 45.6 Å². The lowest BCUT2D eigenvalue weighted by atomic mass is 10.1. The van der Waals surface area contributed by atoms with E-state index in [1.807, 2.05) is 27.7 Å². The van der Waals surface area contributed by atoms with Crippen molar-refractivity contribution >= 4 is 5.82 Å². The number of nitrogens with zero attached hydrogens (tertiary/aromatic N) is 2. The normalized spacial score (nSPS) is 11.7. The van der Waals surface area contributed by atoms with Crippen LogP contribution in [0.5, 0.6) is 0 Å². The molecule has 102 valence electrons. The topological polar surface area (TPSA) is 47.0 Å². The van der Waals surface area contributed by atoms with Crippen LogP contribution in [0.25, 0.3) is 0 Å². The molecule has 1 rings (SSSR count). The van der Waals surface area contributed by atoms with Crippen molar-refractivity contribution in [1.29, 1.82) is 0 Å². The number of ether oxygens (including phenoxy) is 1. The Morgan fingerprint density at radius 2 is 1.94 bits per heavy atom. The van der Waals surface area contributed by atoms with Gasteiger partial charge in [0.1, 0.15) is 5.60 Å². The van der Waals surface area contributed by atoms with E-state index in [2.05, 4.69) is 15.3 Å². The molecule has 18 heavy (non-hydrogen) atoms. The number of anilines is 1. The lowest BCUT2D eigenvalue weighted by molar-refractivity contribution is -0.0209. The van der Waals surface area contributed by atoms with Gasteiger partial charge in [-0.1, -0.05) is 6.92 Å². The number of rotatable bonds is 6. The summed E-state index contributed by atoms with van der Waals surface area (Å²) >= 11 is 0. The number of halogens is 1. The van der Waals surface area contributed by atoms with E-state index in [4.69, 9.17) is 4.74 Å². The van der Waals surface area contributed by atoms with Gasteiger partial charge < -0.3 is 10.1 Å². The molecule has 0 saturated carbocycles. The third kappa shape index (κ3) is 3.38. The van der Waals surface area contributed by atoms with E-state index >= 15 is 0 Å². The molecule has 1 N–H and O–H groups in total. The van der Waals surface area contributed by atoms with Crippen LogP contribution >= 0.6 is 0 Å². The molecule has 0 aromatic carbocycles. The SMILES string of the molecule is CCCNc1nc(C(C)(C)OCC)nc(C)c1F. The molecule has 0 unspecified atom stereocenters. The van der Waals surface area contributed by atoms with Crippen molar-refractivity contribution in [2.45, 2.75) is 46.6 Å². The first-order chi connectivity index (χ1) is 8.42. The Kier molecular flexibility index (Phi) is 5.02. The summed E-state index contributed by atoms with van der Waals surface area (Å²) in [7, 11) is 0. The highest BCUT2D eigenvalue weighted by Gasteiger charge is 2.26. The minimum absolute atomic E-state index is 0.257. The van der Waals surface area contributed by atoms with Crippen molar-refractivity contribution in [3.8, 4) is 0 Å². The zero-order chi connectivity index (χ0) is 13.8. The maximum Gasteiger partial charge on any atom is 0.186 e. The first kappa shape index (κ1) is 14.8. The molecule has 1 aromatic rings. The maximum absolute atomic E-state index is 13.9. The molecule has 0 aliphatic heterocycles. The molecule has 0 spiro atoms.